The van der Waals surface area contributed by atoms with Gasteiger partial charge in [0, 0.05) is 0 Å². The topological polar surface area (TPSA) is 20.2 Å². The molecule has 0 bridgehead atoms. The Morgan fingerprint density at radius 3 is 1.91 bits per heavy atom. The van der Waals surface area contributed by atoms with Crippen LogP contribution >= 0.6 is 0 Å². The van der Waals surface area contributed by atoms with Crippen molar-refractivity contribution in [1.82, 2.24) is 0 Å². The van der Waals surface area contributed by atoms with E-state index < -0.39 is 0 Å². The maximum absolute atomic E-state index is 9.59. The summed E-state index contributed by atoms with van der Waals surface area (Å²) in [7, 11) is 0. The zero-order valence-electron chi connectivity index (χ0n) is 8.04. The van der Waals surface area contributed by atoms with Crippen LogP contribution in [0.3, 0.4) is 0 Å². The lowest BCUT2D eigenvalue weighted by molar-refractivity contribution is 0.130. The van der Waals surface area contributed by atoms with E-state index in [1.165, 1.54) is 0 Å². The van der Waals surface area contributed by atoms with Gasteiger partial charge < -0.3 is 5.11 Å². The Morgan fingerprint density at radius 1 is 1.18 bits per heavy atom. The predicted molar refractivity (Wildman–Crippen MR) is 47.3 cm³/mol. The number of hydrogen-bond acceptors (Lipinski definition) is 1. The molecule has 66 valence electrons. The van der Waals surface area contributed by atoms with Crippen LogP contribution in [0, 0.1) is 23.7 Å². The number of aliphatic hydroxyl groups excluding tert-OH is 1. The molecule has 4 atom stereocenters. The average molecular weight is 156 g/mol. The molecular weight excluding hydrogens is 136 g/mol. The number of rotatable bonds is 1. The second-order valence-electron chi connectivity index (χ2n) is 4.43. The second kappa shape index (κ2) is 3.14. The van der Waals surface area contributed by atoms with Gasteiger partial charge in [-0.15, -0.1) is 0 Å². The van der Waals surface area contributed by atoms with Gasteiger partial charge in [0.15, 0.2) is 0 Å². The molecule has 0 aromatic carbocycles. The largest absolute Gasteiger partial charge is 0.393 e. The molecule has 1 fully saturated rings. The van der Waals surface area contributed by atoms with Gasteiger partial charge in [-0.3, -0.25) is 0 Å². The summed E-state index contributed by atoms with van der Waals surface area (Å²) in [5.74, 6) is 2.66. The molecule has 0 heterocycles. The van der Waals surface area contributed by atoms with Gasteiger partial charge in [-0.05, 0) is 30.1 Å². The lowest BCUT2D eigenvalue weighted by Gasteiger charge is -2.20. The van der Waals surface area contributed by atoms with Crippen molar-refractivity contribution < 1.29 is 5.11 Å². The van der Waals surface area contributed by atoms with Gasteiger partial charge in [-0.1, -0.05) is 27.7 Å². The van der Waals surface area contributed by atoms with Crippen molar-refractivity contribution in [3.63, 3.8) is 0 Å². The van der Waals surface area contributed by atoms with Crippen molar-refractivity contribution in [1.29, 1.82) is 0 Å². The monoisotopic (exact) mass is 156 g/mol. The summed E-state index contributed by atoms with van der Waals surface area (Å²) < 4.78 is 0. The Morgan fingerprint density at radius 2 is 1.73 bits per heavy atom. The highest BCUT2D eigenvalue weighted by molar-refractivity contribution is 4.87. The molecule has 4 unspecified atom stereocenters. The summed E-state index contributed by atoms with van der Waals surface area (Å²) >= 11 is 0. The van der Waals surface area contributed by atoms with E-state index in [-0.39, 0.29) is 6.10 Å². The van der Waals surface area contributed by atoms with E-state index in [1.807, 2.05) is 0 Å². The van der Waals surface area contributed by atoms with Crippen LogP contribution in [0.4, 0.5) is 0 Å². The summed E-state index contributed by atoms with van der Waals surface area (Å²) in [5, 5.41) is 9.59. The molecule has 1 nitrogen and oxygen atoms in total. The van der Waals surface area contributed by atoms with Crippen molar-refractivity contribution in [3.8, 4) is 0 Å². The first-order valence-corrected chi connectivity index (χ1v) is 4.72. The summed E-state index contributed by atoms with van der Waals surface area (Å²) in [6, 6.07) is 0. The van der Waals surface area contributed by atoms with Crippen LogP contribution in [0.2, 0.25) is 0 Å². The fourth-order valence-electron chi connectivity index (χ4n) is 2.33. The molecule has 0 spiro atoms. The minimum atomic E-state index is -0.0441. The highest BCUT2D eigenvalue weighted by Gasteiger charge is 2.37. The molecule has 0 amide bonds. The van der Waals surface area contributed by atoms with Crippen LogP contribution in [-0.4, -0.2) is 11.2 Å². The van der Waals surface area contributed by atoms with Crippen LogP contribution in [0.5, 0.6) is 0 Å². The smallest absolute Gasteiger partial charge is 0.0571 e. The summed E-state index contributed by atoms with van der Waals surface area (Å²) in [4.78, 5) is 0. The molecule has 1 aliphatic carbocycles. The van der Waals surface area contributed by atoms with Crippen molar-refractivity contribution in [2.45, 2.75) is 40.2 Å². The van der Waals surface area contributed by atoms with Gasteiger partial charge in [0.05, 0.1) is 6.10 Å². The van der Waals surface area contributed by atoms with Crippen molar-refractivity contribution in [2.75, 3.05) is 0 Å². The van der Waals surface area contributed by atoms with Crippen LogP contribution in [0.25, 0.3) is 0 Å². The third-order valence-corrected chi connectivity index (χ3v) is 3.48. The lowest BCUT2D eigenvalue weighted by Crippen LogP contribution is -2.15. The van der Waals surface area contributed by atoms with E-state index in [1.54, 1.807) is 0 Å². The molecule has 0 saturated heterocycles. The zero-order valence-corrected chi connectivity index (χ0v) is 8.04. The van der Waals surface area contributed by atoms with Crippen molar-refractivity contribution in [2.24, 2.45) is 23.7 Å². The average Bonchev–Trinajstić information content (AvgIpc) is 2.17. The fourth-order valence-corrected chi connectivity index (χ4v) is 2.33. The van der Waals surface area contributed by atoms with Gasteiger partial charge in [-0.25, -0.2) is 0 Å². The van der Waals surface area contributed by atoms with Gasteiger partial charge in [0.2, 0.25) is 0 Å². The van der Waals surface area contributed by atoms with Crippen molar-refractivity contribution >= 4 is 0 Å². The third kappa shape index (κ3) is 1.58. The van der Waals surface area contributed by atoms with Crippen LogP contribution in [0.15, 0.2) is 0 Å². The molecular formula is C10H20O. The van der Waals surface area contributed by atoms with E-state index in [4.69, 9.17) is 0 Å². The number of hydrogen-bond donors (Lipinski definition) is 1. The first kappa shape index (κ1) is 9.05. The van der Waals surface area contributed by atoms with E-state index in [0.29, 0.717) is 11.8 Å². The quantitative estimate of drug-likeness (QED) is 0.617. The molecule has 0 aliphatic heterocycles. The fraction of sp³-hybridized carbons (Fsp3) is 1.00. The van der Waals surface area contributed by atoms with Gasteiger partial charge in [-0.2, -0.15) is 0 Å². The maximum Gasteiger partial charge on any atom is 0.0571 e. The molecule has 1 N–H and O–H groups in total. The summed E-state index contributed by atoms with van der Waals surface area (Å²) in [6.07, 6.45) is 0.970. The first-order chi connectivity index (χ1) is 5.04. The summed E-state index contributed by atoms with van der Waals surface area (Å²) in [5.41, 5.74) is 0. The molecule has 11 heavy (non-hydrogen) atoms. The van der Waals surface area contributed by atoms with E-state index in [9.17, 15) is 5.11 Å². The SMILES string of the molecule is CC(C)C1CC(O)C(C)C1C. The standard InChI is InChI=1S/C10H20O/c1-6(2)9-5-10(11)8(4)7(9)3/h6-11H,5H2,1-4H3. The molecule has 1 heteroatoms. The molecule has 0 radical (unpaired) electrons. The van der Waals surface area contributed by atoms with Crippen molar-refractivity contribution in [3.05, 3.63) is 0 Å². The van der Waals surface area contributed by atoms with E-state index >= 15 is 0 Å². The Bertz CT molecular complexity index is 131. The number of aliphatic hydroxyl groups is 1. The molecule has 0 aromatic heterocycles. The maximum atomic E-state index is 9.59. The van der Waals surface area contributed by atoms with Crippen LogP contribution < -0.4 is 0 Å². The molecule has 1 rings (SSSR count). The van der Waals surface area contributed by atoms with E-state index in [2.05, 4.69) is 27.7 Å². The third-order valence-electron chi connectivity index (χ3n) is 3.48. The molecule has 1 saturated carbocycles. The van der Waals surface area contributed by atoms with Crippen LogP contribution in [-0.2, 0) is 0 Å². The molecule has 0 aromatic rings. The minimum absolute atomic E-state index is 0.0441. The first-order valence-electron chi connectivity index (χ1n) is 4.72. The zero-order chi connectivity index (χ0) is 8.59. The Balaban J connectivity index is 2.59. The minimum Gasteiger partial charge on any atom is -0.393 e. The second-order valence-corrected chi connectivity index (χ2v) is 4.43. The lowest BCUT2D eigenvalue weighted by atomic mass is 9.85. The van der Waals surface area contributed by atoms with Gasteiger partial charge in [0.1, 0.15) is 0 Å². The van der Waals surface area contributed by atoms with E-state index in [0.717, 1.165) is 18.3 Å². The predicted octanol–water partition coefficient (Wildman–Crippen LogP) is 2.30. The van der Waals surface area contributed by atoms with Crippen LogP contribution in [0.1, 0.15) is 34.1 Å². The van der Waals surface area contributed by atoms with Gasteiger partial charge in [0.25, 0.3) is 0 Å². The Labute approximate surface area is 69.8 Å². The molecule has 1 aliphatic rings. The highest BCUT2D eigenvalue weighted by atomic mass is 16.3. The Kier molecular flexibility index (Phi) is 2.58. The normalized spacial score (nSPS) is 45.3. The summed E-state index contributed by atoms with van der Waals surface area (Å²) in [6.45, 7) is 8.95. The van der Waals surface area contributed by atoms with Gasteiger partial charge >= 0.3 is 0 Å². The Hall–Kier alpha value is -0.0400. The highest BCUT2D eigenvalue weighted by Crippen LogP contribution is 2.40.